The van der Waals surface area contributed by atoms with E-state index in [4.69, 9.17) is 15.2 Å². The van der Waals surface area contributed by atoms with Crippen LogP contribution in [-0.4, -0.2) is 104 Å². The molecule has 25 heteroatoms. The van der Waals surface area contributed by atoms with Crippen molar-refractivity contribution in [1.82, 2.24) is 25.8 Å². The van der Waals surface area contributed by atoms with Crippen LogP contribution in [0.15, 0.2) is 125 Å². The molecule has 2 atom stereocenters. The van der Waals surface area contributed by atoms with Crippen LogP contribution in [-0.2, 0) is 41.0 Å². The second-order valence-electron chi connectivity index (χ2n) is 17.2. The summed E-state index contributed by atoms with van der Waals surface area (Å²) in [5.74, 6) is -3.51. The second-order valence-corrected chi connectivity index (χ2v) is 17.2. The van der Waals surface area contributed by atoms with Crippen LogP contribution in [0.3, 0.4) is 0 Å². The van der Waals surface area contributed by atoms with Crippen molar-refractivity contribution in [2.75, 3.05) is 62.3 Å². The first-order valence-corrected chi connectivity index (χ1v) is 23.9. The van der Waals surface area contributed by atoms with Gasteiger partial charge in [-0.15, -0.1) is 0 Å². The van der Waals surface area contributed by atoms with Crippen molar-refractivity contribution in [3.8, 4) is 12.1 Å². The van der Waals surface area contributed by atoms with Gasteiger partial charge in [-0.05, 0) is 99.5 Å². The predicted octanol–water partition coefficient (Wildman–Crippen LogP) is 6.95. The van der Waals surface area contributed by atoms with Crippen LogP contribution in [0.2, 0.25) is 0 Å². The topological polar surface area (TPSA) is 256 Å². The van der Waals surface area contributed by atoms with Crippen LogP contribution >= 0.6 is 0 Å². The minimum atomic E-state index is -4.79. The Labute approximate surface area is 443 Å². The number of alkyl halides is 6. The van der Waals surface area contributed by atoms with Crippen LogP contribution in [0.4, 0.5) is 47.3 Å². The Hall–Kier alpha value is -9.39. The van der Waals surface area contributed by atoms with E-state index in [1.165, 1.54) is 88.4 Å². The fourth-order valence-electron chi connectivity index (χ4n) is 8.63. The van der Waals surface area contributed by atoms with Crippen molar-refractivity contribution >= 4 is 53.1 Å². The van der Waals surface area contributed by atoms with Crippen molar-refractivity contribution in [3.63, 3.8) is 0 Å². The summed E-state index contributed by atoms with van der Waals surface area (Å²) in [6.45, 7) is 3.63. The summed E-state index contributed by atoms with van der Waals surface area (Å²) >= 11 is 0. The molecular formula is C53H51F6N11O8. The third kappa shape index (κ3) is 13.3. The van der Waals surface area contributed by atoms with Gasteiger partial charge in [-0.25, -0.2) is 19.2 Å². The molecule has 5 N–H and O–H groups in total. The molecule has 6 rings (SSSR count). The maximum absolute atomic E-state index is 14.4. The molecule has 0 saturated carbocycles. The molecule has 0 aromatic heterocycles. The zero-order valence-electron chi connectivity index (χ0n) is 42.3. The molecule has 2 aliphatic heterocycles. The molecule has 2 aliphatic rings. The Morgan fingerprint density at radius 3 is 1.37 bits per heavy atom. The zero-order chi connectivity index (χ0) is 57.1. The fourth-order valence-corrected chi connectivity index (χ4v) is 8.63. The van der Waals surface area contributed by atoms with E-state index in [2.05, 4.69) is 20.9 Å². The molecule has 19 nitrogen and oxygen atoms in total. The summed E-state index contributed by atoms with van der Waals surface area (Å²) in [5, 5.41) is 26.8. The molecule has 0 aliphatic carbocycles. The van der Waals surface area contributed by atoms with E-state index in [-0.39, 0.29) is 102 Å². The summed E-state index contributed by atoms with van der Waals surface area (Å²) in [5.41, 5.74) is 4.00. The highest BCUT2D eigenvalue weighted by atomic mass is 19.4. The van der Waals surface area contributed by atoms with Gasteiger partial charge in [0.15, 0.2) is 5.96 Å². The van der Waals surface area contributed by atoms with Gasteiger partial charge in [0, 0.05) is 31.0 Å². The van der Waals surface area contributed by atoms with Crippen molar-refractivity contribution < 1.29 is 64.6 Å². The molecule has 78 heavy (non-hydrogen) atoms. The van der Waals surface area contributed by atoms with Crippen LogP contribution in [0.1, 0.15) is 73.2 Å². The fraction of sp³-hybridized carbons (Fsp3) is 0.302. The second kappa shape index (κ2) is 25.0. The third-order valence-corrected chi connectivity index (χ3v) is 12.2. The van der Waals surface area contributed by atoms with Crippen LogP contribution in [0.5, 0.6) is 0 Å². The van der Waals surface area contributed by atoms with E-state index in [0.717, 1.165) is 56.0 Å². The normalized spacial score (nSPS) is 16.1. The van der Waals surface area contributed by atoms with Gasteiger partial charge in [0.2, 0.25) is 11.8 Å². The number of nitrogens with zero attached hydrogens (tertiary/aromatic N) is 7. The largest absolute Gasteiger partial charge is 0.463 e. The lowest BCUT2D eigenvalue weighted by Crippen LogP contribution is -2.54. The number of halogens is 6. The number of amides is 6. The first-order chi connectivity index (χ1) is 37.0. The number of nitriles is 2. The van der Waals surface area contributed by atoms with Gasteiger partial charge < -0.3 is 41.0 Å². The number of hydrogen-bond donors (Lipinski definition) is 4. The highest BCUT2D eigenvalue weighted by Gasteiger charge is 2.46. The molecule has 0 radical (unpaired) electrons. The Kier molecular flexibility index (Phi) is 18.5. The van der Waals surface area contributed by atoms with Gasteiger partial charge in [-0.3, -0.25) is 24.4 Å². The van der Waals surface area contributed by atoms with Crippen molar-refractivity contribution in [2.24, 2.45) is 10.7 Å². The minimum absolute atomic E-state index is 0.0458. The number of nitrogens with one attached hydrogen (secondary N) is 3. The number of allylic oxidation sites excluding steroid dienone is 2. The summed E-state index contributed by atoms with van der Waals surface area (Å²) in [4.78, 5) is 91.3. The highest BCUT2D eigenvalue weighted by molar-refractivity contribution is 6.06. The third-order valence-electron chi connectivity index (χ3n) is 12.2. The number of carbonyl (C=O) groups is 6. The van der Waals surface area contributed by atoms with Gasteiger partial charge in [0.25, 0.3) is 0 Å². The number of carbonyl (C=O) groups excluding carboxylic acids is 6. The zero-order valence-corrected chi connectivity index (χ0v) is 42.3. The van der Waals surface area contributed by atoms with Gasteiger partial charge in [-0.2, -0.15) is 36.9 Å². The SMILES string of the molecule is CCOC(=O)C1=C(C)N(c2cccc(C(F)(F)F)c2)C(=O)N(CC(=O)NCCN=C(N)NCCNC(=O)CN2C(=O)N(c3cccc(C(F)(F)F)c3)C(C)=C(C(=O)OCC)C2c2ccc(C#N)cc2)C1c1ccc(C#N)cc1. The monoisotopic (exact) mass is 1080 g/mol. The number of esters is 2. The van der Waals surface area contributed by atoms with Crippen molar-refractivity contribution in [3.05, 3.63) is 153 Å². The molecule has 0 spiro atoms. The van der Waals surface area contributed by atoms with Crippen LogP contribution in [0.25, 0.3) is 0 Å². The number of hydrogen-bond acceptors (Lipinski definition) is 11. The molecule has 408 valence electrons. The highest BCUT2D eigenvalue weighted by Crippen LogP contribution is 2.43. The van der Waals surface area contributed by atoms with Gasteiger partial charge in [0.1, 0.15) is 13.1 Å². The average Bonchev–Trinajstić information content (AvgIpc) is 3.42. The van der Waals surface area contributed by atoms with Crippen LogP contribution < -0.4 is 31.5 Å². The van der Waals surface area contributed by atoms with E-state index in [9.17, 15) is 65.6 Å². The maximum Gasteiger partial charge on any atom is 0.416 e. The van der Waals surface area contributed by atoms with E-state index < -0.39 is 84.5 Å². The van der Waals surface area contributed by atoms with Crippen molar-refractivity contribution in [1.29, 1.82) is 10.5 Å². The first-order valence-electron chi connectivity index (χ1n) is 23.9. The molecule has 4 aromatic rings. The average molecular weight is 1080 g/mol. The summed E-state index contributed by atoms with van der Waals surface area (Å²) < 4.78 is 93.9. The molecule has 0 saturated heterocycles. The number of guanidine groups is 1. The summed E-state index contributed by atoms with van der Waals surface area (Å²) in [6, 6.07) is 18.8. The molecule has 0 fully saturated rings. The lowest BCUT2D eigenvalue weighted by molar-refractivity contribution is -0.140. The predicted molar refractivity (Wildman–Crippen MR) is 269 cm³/mol. The van der Waals surface area contributed by atoms with E-state index in [1.54, 1.807) is 0 Å². The molecule has 6 amide bonds. The number of nitrogens with two attached hydrogens (primary N) is 1. The number of anilines is 2. The summed E-state index contributed by atoms with van der Waals surface area (Å²) in [6.07, 6.45) is -9.58. The van der Waals surface area contributed by atoms with Gasteiger partial charge in [-0.1, -0.05) is 36.4 Å². The van der Waals surface area contributed by atoms with Gasteiger partial charge >= 0.3 is 36.4 Å². The Balaban J connectivity index is 1.13. The lowest BCUT2D eigenvalue weighted by Gasteiger charge is -2.42. The first kappa shape index (κ1) is 57.9. The molecule has 2 heterocycles. The molecule has 2 unspecified atom stereocenters. The number of aliphatic imine (C=N–C) groups is 1. The minimum Gasteiger partial charge on any atom is -0.463 e. The Bertz CT molecular complexity index is 3130. The number of urea groups is 2. The lowest BCUT2D eigenvalue weighted by atomic mass is 9.92. The Morgan fingerprint density at radius 1 is 0.615 bits per heavy atom. The van der Waals surface area contributed by atoms with Crippen molar-refractivity contribution in [2.45, 2.75) is 52.1 Å². The number of ether oxygens (including phenoxy) is 2. The van der Waals surface area contributed by atoms with E-state index >= 15 is 0 Å². The molecule has 0 bridgehead atoms. The standard InChI is InChI=1S/C53H51F6N11O8/c1-5-77-47(73)43-31(3)69(39-11-7-9-37(25-39)52(54,55)56)50(75)67(45(43)35-17-13-33(27-60)14-18-35)29-41(71)63-21-23-65-49(62)66-24-22-64-42(72)30-68-46(36-19-15-34(28-61)16-20-36)44(48(74)78-6-2)32(4)70(51(68)76)40-12-8-10-38(26-40)53(57,58)59/h7-20,25-26,45-46H,5-6,21-24,29-30H2,1-4H3,(H,63,71)(H,64,72)(H3,62,65,66). The Morgan fingerprint density at radius 2 is 1.00 bits per heavy atom. The van der Waals surface area contributed by atoms with E-state index in [1.807, 2.05) is 12.1 Å². The molecule has 4 aromatic carbocycles. The van der Waals surface area contributed by atoms with Crippen LogP contribution in [0, 0.1) is 22.7 Å². The summed E-state index contributed by atoms with van der Waals surface area (Å²) in [7, 11) is 0. The number of rotatable bonds is 18. The quantitative estimate of drug-likeness (QED) is 0.0260. The molecular weight excluding hydrogens is 1030 g/mol. The smallest absolute Gasteiger partial charge is 0.416 e. The van der Waals surface area contributed by atoms with Gasteiger partial charge in [0.05, 0.1) is 88.8 Å². The maximum atomic E-state index is 14.4. The number of benzene rings is 4. The van der Waals surface area contributed by atoms with E-state index in [0.29, 0.717) is 0 Å².